The summed E-state index contributed by atoms with van der Waals surface area (Å²) >= 11 is 5.57. The van der Waals surface area contributed by atoms with Crippen molar-refractivity contribution in [2.24, 2.45) is 0 Å². The summed E-state index contributed by atoms with van der Waals surface area (Å²) in [6.45, 7) is 0. The van der Waals surface area contributed by atoms with Crippen LogP contribution < -0.4 is 4.90 Å². The van der Waals surface area contributed by atoms with Crippen LogP contribution in [0.1, 0.15) is 0 Å². The highest BCUT2D eigenvalue weighted by molar-refractivity contribution is 6.33. The molecule has 1 aromatic heterocycles. The number of benzene rings is 1. The van der Waals surface area contributed by atoms with E-state index in [-0.39, 0.29) is 26.6 Å². The molecule has 72 valence electrons. The van der Waals surface area contributed by atoms with Crippen molar-refractivity contribution in [3.05, 3.63) is 32.5 Å². The lowest BCUT2D eigenvalue weighted by Crippen LogP contribution is -2.22. The first-order chi connectivity index (χ1) is 6.59. The number of hydrogen-bond donors (Lipinski definition) is 0. The number of halogens is 1. The fourth-order valence-corrected chi connectivity index (χ4v) is 1.25. The molecular formula is C6H2ClN3O4. The van der Waals surface area contributed by atoms with Gasteiger partial charge in [0, 0.05) is 11.2 Å². The lowest BCUT2D eigenvalue weighted by atomic mass is 10.3. The van der Waals surface area contributed by atoms with Gasteiger partial charge in [0.05, 0.1) is 11.0 Å². The first-order valence-electron chi connectivity index (χ1n) is 3.43. The summed E-state index contributed by atoms with van der Waals surface area (Å²) in [7, 11) is 0. The van der Waals surface area contributed by atoms with Crippen molar-refractivity contribution in [1.82, 2.24) is 5.16 Å². The minimum Gasteiger partial charge on any atom is -0.359 e. The quantitative estimate of drug-likeness (QED) is 0.402. The maximum Gasteiger partial charge on any atom is 0.292 e. The number of nitro benzene ring substituents is 1. The molecule has 1 aromatic carbocycles. The van der Waals surface area contributed by atoms with E-state index in [9.17, 15) is 15.3 Å². The van der Waals surface area contributed by atoms with E-state index >= 15 is 0 Å². The predicted molar refractivity (Wildman–Crippen MR) is 44.6 cm³/mol. The molecule has 0 bridgehead atoms. The summed E-state index contributed by atoms with van der Waals surface area (Å²) in [5.74, 6) is 0. The molecule has 8 heteroatoms. The Bertz CT molecular complexity index is 523. The molecule has 0 fully saturated rings. The van der Waals surface area contributed by atoms with Crippen molar-refractivity contribution in [2.75, 3.05) is 0 Å². The number of nitrogens with zero attached hydrogens (tertiary/aromatic N) is 3. The maximum atomic E-state index is 10.9. The average molecular weight is 216 g/mol. The molecule has 0 unspecified atom stereocenters. The van der Waals surface area contributed by atoms with Gasteiger partial charge in [0.2, 0.25) is 5.52 Å². The molecule has 0 radical (unpaired) electrons. The lowest BCUT2D eigenvalue weighted by molar-refractivity contribution is -0.782. The second-order valence-corrected chi connectivity index (χ2v) is 2.89. The Morgan fingerprint density at radius 3 is 2.93 bits per heavy atom. The van der Waals surface area contributed by atoms with Crippen LogP contribution in [0.5, 0.6) is 0 Å². The molecule has 1 heterocycles. The summed E-state index contributed by atoms with van der Waals surface area (Å²) in [4.78, 5) is 9.85. The Morgan fingerprint density at radius 1 is 1.57 bits per heavy atom. The van der Waals surface area contributed by atoms with Gasteiger partial charge in [0.15, 0.2) is 0 Å². The predicted octanol–water partition coefficient (Wildman–Crippen LogP) is 1.02. The van der Waals surface area contributed by atoms with Gasteiger partial charge in [-0.3, -0.25) is 14.7 Å². The van der Waals surface area contributed by atoms with Gasteiger partial charge in [0.1, 0.15) is 5.02 Å². The Labute approximate surface area is 81.2 Å². The normalized spacial score (nSPS) is 10.6. The molecule has 2 aromatic rings. The van der Waals surface area contributed by atoms with Crippen LogP contribution in [0.15, 0.2) is 16.8 Å². The van der Waals surface area contributed by atoms with Crippen molar-refractivity contribution in [1.29, 1.82) is 0 Å². The van der Waals surface area contributed by atoms with E-state index in [1.165, 1.54) is 6.07 Å². The molecule has 0 aliphatic carbocycles. The van der Waals surface area contributed by atoms with E-state index < -0.39 is 4.92 Å². The molecule has 0 aliphatic rings. The Kier molecular flexibility index (Phi) is 1.74. The van der Waals surface area contributed by atoms with Gasteiger partial charge in [-0.05, 0) is 4.90 Å². The number of fused-ring (bicyclic) bond motifs is 1. The lowest BCUT2D eigenvalue weighted by Gasteiger charge is -1.92. The molecular weight excluding hydrogens is 214 g/mol. The summed E-state index contributed by atoms with van der Waals surface area (Å²) < 4.78 is 4.23. The molecule has 0 saturated heterocycles. The largest absolute Gasteiger partial charge is 0.359 e. The van der Waals surface area contributed by atoms with Crippen LogP contribution in [0, 0.1) is 15.3 Å². The summed E-state index contributed by atoms with van der Waals surface area (Å²) in [6, 6.07) is 2.22. The van der Waals surface area contributed by atoms with E-state index in [1.807, 2.05) is 0 Å². The standard InChI is InChI=1S/C6H2ClN3O4/c7-3-1-4-6(10(13)14-8-4)2-5(3)9(11)12/h1-2H. The van der Waals surface area contributed by atoms with Crippen molar-refractivity contribution in [2.45, 2.75) is 0 Å². The second-order valence-electron chi connectivity index (χ2n) is 2.48. The van der Waals surface area contributed by atoms with Gasteiger partial charge in [-0.2, -0.15) is 0 Å². The van der Waals surface area contributed by atoms with Crippen molar-refractivity contribution < 1.29 is 14.5 Å². The van der Waals surface area contributed by atoms with Crippen molar-refractivity contribution in [3.63, 3.8) is 0 Å². The van der Waals surface area contributed by atoms with Crippen molar-refractivity contribution in [3.8, 4) is 0 Å². The third-order valence-electron chi connectivity index (χ3n) is 1.65. The zero-order chi connectivity index (χ0) is 10.3. The highest BCUT2D eigenvalue weighted by Crippen LogP contribution is 2.27. The SMILES string of the molecule is O=[N+]([O-])c1cc2c(cc1Cl)no[n+]2[O-]. The van der Waals surface area contributed by atoms with Crippen LogP contribution in [0.2, 0.25) is 5.02 Å². The minimum absolute atomic E-state index is 0.0268. The average Bonchev–Trinajstić information content (AvgIpc) is 2.46. The van der Waals surface area contributed by atoms with Crippen LogP contribution in [-0.4, -0.2) is 10.1 Å². The number of nitro groups is 1. The van der Waals surface area contributed by atoms with E-state index in [0.717, 1.165) is 6.07 Å². The molecule has 7 nitrogen and oxygen atoms in total. The number of hydrogen-bond acceptors (Lipinski definition) is 5. The molecule has 0 saturated carbocycles. The van der Waals surface area contributed by atoms with Crippen LogP contribution in [0.3, 0.4) is 0 Å². The zero-order valence-corrected chi connectivity index (χ0v) is 7.26. The highest BCUT2D eigenvalue weighted by atomic mass is 35.5. The van der Waals surface area contributed by atoms with Crippen molar-refractivity contribution >= 4 is 28.3 Å². The summed E-state index contributed by atoms with van der Waals surface area (Å²) in [5, 5.41) is 24.6. The zero-order valence-electron chi connectivity index (χ0n) is 6.51. The van der Waals surface area contributed by atoms with E-state index in [1.54, 1.807) is 0 Å². The van der Waals surface area contributed by atoms with Crippen LogP contribution in [-0.2, 0) is 0 Å². The van der Waals surface area contributed by atoms with Gasteiger partial charge in [-0.15, -0.1) is 0 Å². The smallest absolute Gasteiger partial charge is 0.292 e. The fraction of sp³-hybridized carbons (Fsp3) is 0. The highest BCUT2D eigenvalue weighted by Gasteiger charge is 2.20. The van der Waals surface area contributed by atoms with Gasteiger partial charge in [0.25, 0.3) is 11.2 Å². The maximum absolute atomic E-state index is 10.9. The Morgan fingerprint density at radius 2 is 2.29 bits per heavy atom. The van der Waals surface area contributed by atoms with Gasteiger partial charge in [-0.1, -0.05) is 11.6 Å². The molecule has 0 amide bonds. The van der Waals surface area contributed by atoms with Gasteiger partial charge in [-0.25, -0.2) is 0 Å². The molecule has 0 aliphatic heterocycles. The molecule has 0 atom stereocenters. The fourth-order valence-electron chi connectivity index (χ4n) is 1.02. The van der Waals surface area contributed by atoms with Crippen LogP contribution >= 0.6 is 11.6 Å². The van der Waals surface area contributed by atoms with Gasteiger partial charge >= 0.3 is 0 Å². The third kappa shape index (κ3) is 1.14. The first-order valence-corrected chi connectivity index (χ1v) is 3.81. The van der Waals surface area contributed by atoms with Gasteiger partial charge < -0.3 is 5.21 Å². The molecule has 2 rings (SSSR count). The number of aromatic nitrogens is 2. The number of rotatable bonds is 1. The molecule has 0 spiro atoms. The topological polar surface area (TPSA) is 96.1 Å². The summed E-state index contributed by atoms with van der Waals surface area (Å²) in [6.07, 6.45) is 0. The third-order valence-corrected chi connectivity index (χ3v) is 1.95. The Balaban J connectivity index is 2.80. The monoisotopic (exact) mass is 215 g/mol. The first kappa shape index (κ1) is 8.70. The summed E-state index contributed by atoms with van der Waals surface area (Å²) in [5.41, 5.74) is -0.205. The van der Waals surface area contributed by atoms with Crippen LogP contribution in [0.4, 0.5) is 5.69 Å². The van der Waals surface area contributed by atoms with E-state index in [0.29, 0.717) is 0 Å². The molecule has 0 N–H and O–H groups in total. The van der Waals surface area contributed by atoms with E-state index in [2.05, 4.69) is 9.79 Å². The minimum atomic E-state index is -0.686. The van der Waals surface area contributed by atoms with E-state index in [4.69, 9.17) is 11.6 Å². The molecule has 14 heavy (non-hydrogen) atoms. The van der Waals surface area contributed by atoms with Crippen LogP contribution in [0.25, 0.3) is 11.0 Å². The second kappa shape index (κ2) is 2.81. The Hall–Kier alpha value is -1.89.